The molecule has 116 valence electrons. The number of esters is 1. The average Bonchev–Trinajstić information content (AvgIpc) is 2.61. The van der Waals surface area contributed by atoms with E-state index in [-0.39, 0.29) is 30.1 Å². The normalized spacial score (nSPS) is 22.7. The monoisotopic (exact) mass is 305 g/mol. The van der Waals surface area contributed by atoms with Gasteiger partial charge in [-0.05, 0) is 29.0 Å². The lowest BCUT2D eigenvalue weighted by Gasteiger charge is -2.35. The van der Waals surface area contributed by atoms with Crippen molar-refractivity contribution in [3.8, 4) is 6.07 Å². The molecule has 0 spiro atoms. The second-order valence-corrected chi connectivity index (χ2v) is 5.97. The first kappa shape index (κ1) is 15.3. The van der Waals surface area contributed by atoms with Gasteiger partial charge < -0.3 is 4.74 Å². The number of methoxy groups -OCH3 is 1. The van der Waals surface area contributed by atoms with Gasteiger partial charge in [-0.25, -0.2) is 0 Å². The van der Waals surface area contributed by atoms with Crippen molar-refractivity contribution < 1.29 is 9.53 Å². The van der Waals surface area contributed by atoms with Crippen LogP contribution in [0.3, 0.4) is 0 Å². The Hall–Kier alpha value is -2.60. The first-order valence-electron chi connectivity index (χ1n) is 7.84. The Morgan fingerprint density at radius 2 is 1.78 bits per heavy atom. The van der Waals surface area contributed by atoms with Crippen LogP contribution in [0, 0.1) is 17.2 Å². The summed E-state index contributed by atoms with van der Waals surface area (Å²) in [7, 11) is 1.40. The molecule has 0 saturated heterocycles. The summed E-state index contributed by atoms with van der Waals surface area (Å²) in [5.41, 5.74) is 3.47. The molecule has 0 bridgehead atoms. The molecular weight excluding hydrogens is 286 g/mol. The highest BCUT2D eigenvalue weighted by Gasteiger charge is 2.36. The SMILES string of the molecule is COC(=O)C[C@H]1C[C@H](c2ccccc2)c2ccccc2[C@@H]1C#N. The zero-order valence-electron chi connectivity index (χ0n) is 13.1. The molecule has 1 aliphatic carbocycles. The van der Waals surface area contributed by atoms with Crippen LogP contribution in [-0.2, 0) is 9.53 Å². The Morgan fingerprint density at radius 1 is 1.13 bits per heavy atom. The maximum atomic E-state index is 11.8. The number of nitriles is 1. The summed E-state index contributed by atoms with van der Waals surface area (Å²) in [5.74, 6) is -0.314. The fourth-order valence-electron chi connectivity index (χ4n) is 3.61. The number of nitrogens with zero attached hydrogens (tertiary/aromatic N) is 1. The van der Waals surface area contributed by atoms with Crippen LogP contribution >= 0.6 is 0 Å². The van der Waals surface area contributed by atoms with Gasteiger partial charge in [-0.15, -0.1) is 0 Å². The molecule has 2 aromatic carbocycles. The predicted molar refractivity (Wildman–Crippen MR) is 87.8 cm³/mol. The molecule has 0 N–H and O–H groups in total. The Bertz CT molecular complexity index is 733. The Labute approximate surface area is 136 Å². The van der Waals surface area contributed by atoms with Crippen LogP contribution < -0.4 is 0 Å². The van der Waals surface area contributed by atoms with Crippen LogP contribution in [-0.4, -0.2) is 13.1 Å². The average molecular weight is 305 g/mol. The van der Waals surface area contributed by atoms with Crippen molar-refractivity contribution in [2.24, 2.45) is 5.92 Å². The van der Waals surface area contributed by atoms with Gasteiger partial charge in [-0.3, -0.25) is 4.79 Å². The third-order valence-corrected chi connectivity index (χ3v) is 4.71. The highest BCUT2D eigenvalue weighted by Crippen LogP contribution is 2.46. The quantitative estimate of drug-likeness (QED) is 0.805. The number of benzene rings is 2. The molecule has 0 aromatic heterocycles. The van der Waals surface area contributed by atoms with Crippen LogP contribution in [0.4, 0.5) is 0 Å². The Balaban J connectivity index is 2.04. The summed E-state index contributed by atoms with van der Waals surface area (Å²) >= 11 is 0. The number of hydrogen-bond donors (Lipinski definition) is 0. The Kier molecular flexibility index (Phi) is 4.43. The van der Waals surface area contributed by atoms with Gasteiger partial charge in [0, 0.05) is 12.3 Å². The van der Waals surface area contributed by atoms with Crippen LogP contribution in [0.15, 0.2) is 54.6 Å². The van der Waals surface area contributed by atoms with Crippen molar-refractivity contribution in [1.82, 2.24) is 0 Å². The van der Waals surface area contributed by atoms with E-state index in [2.05, 4.69) is 24.3 Å². The van der Waals surface area contributed by atoms with Gasteiger partial charge in [-0.1, -0.05) is 54.6 Å². The molecule has 0 amide bonds. The van der Waals surface area contributed by atoms with Crippen LogP contribution in [0.2, 0.25) is 0 Å². The minimum absolute atomic E-state index is 0.0208. The molecule has 23 heavy (non-hydrogen) atoms. The van der Waals surface area contributed by atoms with E-state index in [1.54, 1.807) is 0 Å². The molecule has 0 radical (unpaired) electrons. The fraction of sp³-hybridized carbons (Fsp3) is 0.300. The number of hydrogen-bond acceptors (Lipinski definition) is 3. The molecule has 3 heteroatoms. The molecule has 3 rings (SSSR count). The van der Waals surface area contributed by atoms with Gasteiger partial charge >= 0.3 is 5.97 Å². The van der Waals surface area contributed by atoms with Crippen LogP contribution in [0.25, 0.3) is 0 Å². The van der Waals surface area contributed by atoms with Crippen molar-refractivity contribution in [1.29, 1.82) is 5.26 Å². The van der Waals surface area contributed by atoms with Gasteiger partial charge in [0.25, 0.3) is 0 Å². The summed E-state index contributed by atoms with van der Waals surface area (Å²) in [4.78, 5) is 11.8. The lowest BCUT2D eigenvalue weighted by molar-refractivity contribution is -0.141. The number of fused-ring (bicyclic) bond motifs is 1. The van der Waals surface area contributed by atoms with Gasteiger partial charge in [0.1, 0.15) is 0 Å². The molecule has 0 saturated carbocycles. The molecule has 2 aromatic rings. The third kappa shape index (κ3) is 2.98. The van der Waals surface area contributed by atoms with Crippen molar-refractivity contribution >= 4 is 5.97 Å². The number of carbonyl (C=O) groups excluding carboxylic acids is 1. The minimum Gasteiger partial charge on any atom is -0.469 e. The summed E-state index contributed by atoms with van der Waals surface area (Å²) in [6.07, 6.45) is 1.07. The molecule has 1 aliphatic rings. The lowest BCUT2D eigenvalue weighted by atomic mass is 9.68. The van der Waals surface area contributed by atoms with E-state index in [1.165, 1.54) is 18.2 Å². The maximum Gasteiger partial charge on any atom is 0.305 e. The molecule has 3 nitrogen and oxygen atoms in total. The summed E-state index contributed by atoms with van der Waals surface area (Å²) in [5, 5.41) is 9.65. The highest BCUT2D eigenvalue weighted by molar-refractivity contribution is 5.70. The zero-order chi connectivity index (χ0) is 16.2. The fourth-order valence-corrected chi connectivity index (χ4v) is 3.61. The first-order chi connectivity index (χ1) is 11.2. The lowest BCUT2D eigenvalue weighted by Crippen LogP contribution is -2.26. The molecule has 0 aliphatic heterocycles. The third-order valence-electron chi connectivity index (χ3n) is 4.71. The van der Waals surface area contributed by atoms with E-state index < -0.39 is 0 Å². The number of rotatable bonds is 3. The molecule has 3 atom stereocenters. The Morgan fingerprint density at radius 3 is 2.43 bits per heavy atom. The van der Waals surface area contributed by atoms with Gasteiger partial charge in [0.2, 0.25) is 0 Å². The van der Waals surface area contributed by atoms with E-state index in [9.17, 15) is 10.1 Å². The van der Waals surface area contributed by atoms with Gasteiger partial charge in [-0.2, -0.15) is 5.26 Å². The van der Waals surface area contributed by atoms with Crippen LogP contribution in [0.1, 0.15) is 41.4 Å². The number of ether oxygens (including phenoxy) is 1. The van der Waals surface area contributed by atoms with Crippen molar-refractivity contribution in [2.75, 3.05) is 7.11 Å². The predicted octanol–water partition coefficient (Wildman–Crippen LogP) is 4.01. The highest BCUT2D eigenvalue weighted by atomic mass is 16.5. The molecule has 0 fully saturated rings. The topological polar surface area (TPSA) is 50.1 Å². The van der Waals surface area contributed by atoms with E-state index in [0.29, 0.717) is 0 Å². The van der Waals surface area contributed by atoms with Crippen molar-refractivity contribution in [3.05, 3.63) is 71.3 Å². The largest absolute Gasteiger partial charge is 0.469 e. The second kappa shape index (κ2) is 6.66. The van der Waals surface area contributed by atoms with Crippen LogP contribution in [0.5, 0.6) is 0 Å². The summed E-state index contributed by atoms with van der Waals surface area (Å²) in [6.45, 7) is 0. The van der Waals surface area contributed by atoms with E-state index >= 15 is 0 Å². The van der Waals surface area contributed by atoms with E-state index in [0.717, 1.165) is 12.0 Å². The number of carbonyl (C=O) groups is 1. The van der Waals surface area contributed by atoms with E-state index in [4.69, 9.17) is 4.74 Å². The maximum absolute atomic E-state index is 11.8. The van der Waals surface area contributed by atoms with Crippen molar-refractivity contribution in [3.63, 3.8) is 0 Å². The first-order valence-corrected chi connectivity index (χ1v) is 7.84. The molecular formula is C20H19NO2. The standard InChI is InChI=1S/C20H19NO2/c1-23-20(22)12-15-11-18(14-7-3-2-4-8-14)16-9-5-6-10-17(16)19(15)13-21/h2-10,15,18-19H,11-12H2,1H3/t15-,18-,19-/m1/s1. The minimum atomic E-state index is -0.259. The zero-order valence-corrected chi connectivity index (χ0v) is 13.1. The van der Waals surface area contributed by atoms with Crippen molar-refractivity contribution in [2.45, 2.75) is 24.7 Å². The molecule has 0 heterocycles. The van der Waals surface area contributed by atoms with Gasteiger partial charge in [0.05, 0.1) is 19.1 Å². The smallest absolute Gasteiger partial charge is 0.305 e. The summed E-state index contributed by atoms with van der Waals surface area (Å²) in [6, 6.07) is 20.8. The summed E-state index contributed by atoms with van der Waals surface area (Å²) < 4.78 is 4.83. The van der Waals surface area contributed by atoms with E-state index in [1.807, 2.05) is 36.4 Å². The van der Waals surface area contributed by atoms with Gasteiger partial charge in [0.15, 0.2) is 0 Å². The second-order valence-electron chi connectivity index (χ2n) is 5.97. The molecule has 0 unspecified atom stereocenters.